The molecule has 1 aliphatic heterocycles. The number of nitrogens with one attached hydrogen (secondary N) is 1. The summed E-state index contributed by atoms with van der Waals surface area (Å²) in [6.45, 7) is 1.98. The van der Waals surface area contributed by atoms with Crippen LogP contribution >= 0.6 is 0 Å². The van der Waals surface area contributed by atoms with Crippen molar-refractivity contribution in [2.24, 2.45) is 0 Å². The minimum absolute atomic E-state index is 0.0907. The van der Waals surface area contributed by atoms with Gasteiger partial charge in [-0.05, 0) is 12.5 Å². The van der Waals surface area contributed by atoms with Crippen molar-refractivity contribution in [2.75, 3.05) is 0 Å². The van der Waals surface area contributed by atoms with Gasteiger partial charge in [-0.1, -0.05) is 37.3 Å². The van der Waals surface area contributed by atoms with Crippen LogP contribution in [0.2, 0.25) is 0 Å². The van der Waals surface area contributed by atoms with Crippen LogP contribution in [0.15, 0.2) is 54.3 Å². The fourth-order valence-electron chi connectivity index (χ4n) is 1.96. The Morgan fingerprint density at radius 1 is 1.28 bits per heavy atom. The molecule has 1 atom stereocenters. The minimum atomic E-state index is -0.155. The van der Waals surface area contributed by atoms with Gasteiger partial charge in [-0.15, -0.1) is 0 Å². The van der Waals surface area contributed by atoms with E-state index in [4.69, 9.17) is 0 Å². The molecule has 1 aromatic carbocycles. The average molecular weight is 241 g/mol. The van der Waals surface area contributed by atoms with Crippen molar-refractivity contribution in [1.82, 2.24) is 5.32 Å². The Hall–Kier alpha value is -2.16. The zero-order valence-corrected chi connectivity index (χ0v) is 10.2. The topological polar surface area (TPSA) is 46.2 Å². The molecule has 0 saturated carbocycles. The maximum atomic E-state index is 12.4. The molecule has 1 N–H and O–H groups in total. The lowest BCUT2D eigenvalue weighted by Gasteiger charge is -2.17. The first-order chi connectivity index (χ1) is 8.72. The second-order valence-electron chi connectivity index (χ2n) is 4.16. The van der Waals surface area contributed by atoms with Crippen LogP contribution in [0.3, 0.4) is 0 Å². The number of rotatable bonds is 3. The molecule has 18 heavy (non-hydrogen) atoms. The van der Waals surface area contributed by atoms with Crippen LogP contribution in [0.5, 0.6) is 0 Å². The number of ketones is 2. The summed E-state index contributed by atoms with van der Waals surface area (Å²) >= 11 is 0. The van der Waals surface area contributed by atoms with Crippen molar-refractivity contribution in [1.29, 1.82) is 0 Å². The maximum Gasteiger partial charge on any atom is 0.191 e. The van der Waals surface area contributed by atoms with E-state index >= 15 is 0 Å². The van der Waals surface area contributed by atoms with E-state index in [1.165, 1.54) is 12.2 Å². The van der Waals surface area contributed by atoms with Crippen LogP contribution in [0.1, 0.15) is 23.7 Å². The van der Waals surface area contributed by atoms with E-state index in [1.54, 1.807) is 18.3 Å². The Bertz CT molecular complexity index is 515. The highest BCUT2D eigenvalue weighted by molar-refractivity contribution is 6.14. The Kier molecular flexibility index (Phi) is 3.72. The number of carbonyl (C=O) groups is 2. The largest absolute Gasteiger partial charge is 0.384 e. The predicted octanol–water partition coefficient (Wildman–Crippen LogP) is 2.26. The molecule has 3 nitrogen and oxygen atoms in total. The molecule has 1 aromatic rings. The molecule has 0 radical (unpaired) electrons. The highest BCUT2D eigenvalue weighted by Gasteiger charge is 2.22. The summed E-state index contributed by atoms with van der Waals surface area (Å²) in [4.78, 5) is 23.9. The molecule has 2 rings (SSSR count). The summed E-state index contributed by atoms with van der Waals surface area (Å²) in [5, 5.41) is 3.07. The molecule has 0 fully saturated rings. The van der Waals surface area contributed by atoms with Gasteiger partial charge in [0.2, 0.25) is 0 Å². The van der Waals surface area contributed by atoms with Gasteiger partial charge in [0.1, 0.15) is 0 Å². The van der Waals surface area contributed by atoms with Crippen LogP contribution in [-0.2, 0) is 4.79 Å². The van der Waals surface area contributed by atoms with Gasteiger partial charge < -0.3 is 5.32 Å². The van der Waals surface area contributed by atoms with Gasteiger partial charge in [-0.3, -0.25) is 9.59 Å². The second kappa shape index (κ2) is 5.45. The summed E-state index contributed by atoms with van der Waals surface area (Å²) in [6, 6.07) is 8.91. The second-order valence-corrected chi connectivity index (χ2v) is 4.16. The Morgan fingerprint density at radius 2 is 2.00 bits per heavy atom. The first kappa shape index (κ1) is 12.3. The van der Waals surface area contributed by atoms with Crippen LogP contribution in [0, 0.1) is 0 Å². The van der Waals surface area contributed by atoms with Crippen LogP contribution < -0.4 is 5.32 Å². The fourth-order valence-corrected chi connectivity index (χ4v) is 1.96. The minimum Gasteiger partial charge on any atom is -0.384 e. The van der Waals surface area contributed by atoms with E-state index in [0.29, 0.717) is 11.1 Å². The van der Waals surface area contributed by atoms with E-state index < -0.39 is 0 Å². The summed E-state index contributed by atoms with van der Waals surface area (Å²) in [7, 11) is 0. The van der Waals surface area contributed by atoms with Crippen molar-refractivity contribution in [3.05, 3.63) is 59.8 Å². The third-order valence-corrected chi connectivity index (χ3v) is 2.92. The third kappa shape index (κ3) is 2.56. The lowest BCUT2D eigenvalue weighted by atomic mass is 9.95. The Labute approximate surface area is 106 Å². The molecular formula is C15H15NO2. The summed E-state index contributed by atoms with van der Waals surface area (Å²) in [6.07, 6.45) is 5.23. The van der Waals surface area contributed by atoms with E-state index in [0.717, 1.165) is 6.42 Å². The summed E-state index contributed by atoms with van der Waals surface area (Å²) in [5.41, 5.74) is 1.14. The van der Waals surface area contributed by atoms with E-state index in [2.05, 4.69) is 5.32 Å². The number of hydrogen-bond acceptors (Lipinski definition) is 3. The van der Waals surface area contributed by atoms with Crippen molar-refractivity contribution < 1.29 is 9.59 Å². The molecule has 0 spiro atoms. The summed E-state index contributed by atoms with van der Waals surface area (Å²) in [5.74, 6) is -0.246. The molecule has 1 heterocycles. The quantitative estimate of drug-likeness (QED) is 0.826. The molecule has 92 valence electrons. The number of benzene rings is 1. The maximum absolute atomic E-state index is 12.4. The molecular weight excluding hydrogens is 226 g/mol. The van der Waals surface area contributed by atoms with Crippen molar-refractivity contribution in [2.45, 2.75) is 19.4 Å². The molecule has 1 aliphatic rings. The van der Waals surface area contributed by atoms with Gasteiger partial charge in [0, 0.05) is 23.4 Å². The van der Waals surface area contributed by atoms with E-state index in [1.807, 2.05) is 25.1 Å². The number of allylic oxidation sites excluding steroid dienone is 2. The molecule has 0 saturated heterocycles. The number of Topliss-reactive ketones (excluding diaryl/α,β-unsaturated/α-hetero) is 1. The van der Waals surface area contributed by atoms with Gasteiger partial charge in [-0.25, -0.2) is 0 Å². The van der Waals surface area contributed by atoms with Crippen LogP contribution in [0.4, 0.5) is 0 Å². The zero-order chi connectivity index (χ0) is 13.0. The average Bonchev–Trinajstić information content (AvgIpc) is 2.60. The number of hydrogen-bond donors (Lipinski definition) is 1. The normalized spacial score (nSPS) is 18.8. The van der Waals surface area contributed by atoms with E-state index in [9.17, 15) is 9.59 Å². The molecule has 0 bridgehead atoms. The Balaban J connectivity index is 2.35. The van der Waals surface area contributed by atoms with Gasteiger partial charge in [0.25, 0.3) is 0 Å². The van der Waals surface area contributed by atoms with Gasteiger partial charge in [-0.2, -0.15) is 0 Å². The lowest BCUT2D eigenvalue weighted by Crippen LogP contribution is -2.29. The fraction of sp³-hybridized carbons (Fsp3) is 0.200. The first-order valence-electron chi connectivity index (χ1n) is 6.00. The smallest absolute Gasteiger partial charge is 0.191 e. The molecule has 3 heteroatoms. The zero-order valence-electron chi connectivity index (χ0n) is 10.2. The van der Waals surface area contributed by atoms with Crippen LogP contribution in [-0.4, -0.2) is 17.6 Å². The Morgan fingerprint density at radius 3 is 2.67 bits per heavy atom. The van der Waals surface area contributed by atoms with Gasteiger partial charge >= 0.3 is 0 Å². The third-order valence-electron chi connectivity index (χ3n) is 2.92. The predicted molar refractivity (Wildman–Crippen MR) is 70.2 cm³/mol. The molecule has 0 aliphatic carbocycles. The van der Waals surface area contributed by atoms with Crippen molar-refractivity contribution in [3.8, 4) is 0 Å². The van der Waals surface area contributed by atoms with Gasteiger partial charge in [0.15, 0.2) is 11.6 Å². The highest BCUT2D eigenvalue weighted by Crippen LogP contribution is 2.16. The number of carbonyl (C=O) groups excluding carboxylic acids is 2. The molecule has 0 amide bonds. The molecule has 1 unspecified atom stereocenters. The SMILES string of the molecule is CCC1NC=CC(=O)C=C1C(=O)c1ccccc1. The van der Waals surface area contributed by atoms with Gasteiger partial charge in [0.05, 0.1) is 6.04 Å². The van der Waals surface area contributed by atoms with E-state index in [-0.39, 0.29) is 17.6 Å². The summed E-state index contributed by atoms with van der Waals surface area (Å²) < 4.78 is 0. The van der Waals surface area contributed by atoms with Crippen LogP contribution in [0.25, 0.3) is 0 Å². The van der Waals surface area contributed by atoms with Crippen molar-refractivity contribution in [3.63, 3.8) is 0 Å². The monoisotopic (exact) mass is 241 g/mol. The highest BCUT2D eigenvalue weighted by atomic mass is 16.1. The first-order valence-corrected chi connectivity index (χ1v) is 6.00. The standard InChI is InChI=1S/C15H15NO2/c1-2-14-13(10-12(17)8-9-16-14)15(18)11-6-4-3-5-7-11/h3-10,14,16H,2H2,1H3. The van der Waals surface area contributed by atoms with Crippen molar-refractivity contribution >= 4 is 11.6 Å². The molecule has 0 aromatic heterocycles. The lowest BCUT2D eigenvalue weighted by molar-refractivity contribution is -0.110.